The lowest BCUT2D eigenvalue weighted by Gasteiger charge is -2.11. The number of aromatic nitrogens is 2. The maximum Gasteiger partial charge on any atom is 0.337 e. The van der Waals surface area contributed by atoms with Crippen LogP contribution < -0.4 is 5.32 Å². The molecule has 0 saturated carbocycles. The molecule has 0 amide bonds. The highest BCUT2D eigenvalue weighted by Crippen LogP contribution is 2.29. The summed E-state index contributed by atoms with van der Waals surface area (Å²) in [6.07, 6.45) is 2.41. The van der Waals surface area contributed by atoms with E-state index in [2.05, 4.69) is 28.3 Å². The molecule has 24 heavy (non-hydrogen) atoms. The standard InChI is InChI=1S/C18H16ClN3O2/c1-3-11-4-7-15-13(8-11)17(21-10-20-15)22-16-9-12(18(23)24-2)5-6-14(16)19/h4-10H,3H2,1-2H3,(H,20,21,22). The van der Waals surface area contributed by atoms with Crippen molar-refractivity contribution in [1.29, 1.82) is 0 Å². The minimum atomic E-state index is -0.421. The number of carbonyl (C=O) groups is 1. The van der Waals surface area contributed by atoms with E-state index in [9.17, 15) is 4.79 Å². The Bertz CT molecular complexity index is 912. The molecule has 5 nitrogen and oxygen atoms in total. The van der Waals surface area contributed by atoms with E-state index in [-0.39, 0.29) is 0 Å². The van der Waals surface area contributed by atoms with E-state index in [0.29, 0.717) is 22.1 Å². The SMILES string of the molecule is CCc1ccc2ncnc(Nc3cc(C(=O)OC)ccc3Cl)c2c1. The maximum atomic E-state index is 11.7. The molecule has 1 heterocycles. The smallest absolute Gasteiger partial charge is 0.337 e. The Morgan fingerprint density at radius 1 is 1.21 bits per heavy atom. The van der Waals surface area contributed by atoms with E-state index in [1.807, 2.05) is 12.1 Å². The van der Waals surface area contributed by atoms with Crippen LogP contribution in [0.4, 0.5) is 11.5 Å². The highest BCUT2D eigenvalue weighted by Gasteiger charge is 2.11. The lowest BCUT2D eigenvalue weighted by atomic mass is 10.1. The first kappa shape index (κ1) is 16.2. The quantitative estimate of drug-likeness (QED) is 0.713. The van der Waals surface area contributed by atoms with Crippen molar-refractivity contribution in [2.75, 3.05) is 12.4 Å². The number of halogens is 1. The lowest BCUT2D eigenvalue weighted by Crippen LogP contribution is -2.03. The molecule has 2 aromatic carbocycles. The number of ether oxygens (including phenoxy) is 1. The molecule has 0 fully saturated rings. The van der Waals surface area contributed by atoms with Crippen molar-refractivity contribution in [3.63, 3.8) is 0 Å². The second-order valence-corrected chi connectivity index (χ2v) is 5.65. The second kappa shape index (κ2) is 6.84. The summed E-state index contributed by atoms with van der Waals surface area (Å²) >= 11 is 6.25. The van der Waals surface area contributed by atoms with Crippen LogP contribution in [0.25, 0.3) is 10.9 Å². The van der Waals surface area contributed by atoms with E-state index in [1.165, 1.54) is 19.0 Å². The zero-order valence-electron chi connectivity index (χ0n) is 13.3. The summed E-state index contributed by atoms with van der Waals surface area (Å²) in [6, 6.07) is 11.0. The van der Waals surface area contributed by atoms with Crippen LogP contribution in [0, 0.1) is 0 Å². The summed E-state index contributed by atoms with van der Waals surface area (Å²) in [6.45, 7) is 2.09. The highest BCUT2D eigenvalue weighted by atomic mass is 35.5. The first-order valence-corrected chi connectivity index (χ1v) is 7.88. The van der Waals surface area contributed by atoms with Gasteiger partial charge in [0.2, 0.25) is 0 Å². The van der Waals surface area contributed by atoms with Gasteiger partial charge in [0, 0.05) is 5.39 Å². The first-order chi connectivity index (χ1) is 11.6. The van der Waals surface area contributed by atoms with Crippen LogP contribution in [0.5, 0.6) is 0 Å². The van der Waals surface area contributed by atoms with Crippen LogP contribution in [0.15, 0.2) is 42.7 Å². The van der Waals surface area contributed by atoms with Crippen LogP contribution >= 0.6 is 11.6 Å². The van der Waals surface area contributed by atoms with E-state index in [4.69, 9.17) is 16.3 Å². The summed E-state index contributed by atoms with van der Waals surface area (Å²) in [5, 5.41) is 4.58. The van der Waals surface area contributed by atoms with Gasteiger partial charge in [-0.2, -0.15) is 0 Å². The summed E-state index contributed by atoms with van der Waals surface area (Å²) < 4.78 is 4.75. The molecule has 3 rings (SSSR count). The van der Waals surface area contributed by atoms with Crippen molar-refractivity contribution in [3.05, 3.63) is 58.9 Å². The normalized spacial score (nSPS) is 10.6. The van der Waals surface area contributed by atoms with Gasteiger partial charge < -0.3 is 10.1 Å². The number of aryl methyl sites for hydroxylation is 1. The Balaban J connectivity index is 2.05. The number of carbonyl (C=O) groups excluding carboxylic acids is 1. The van der Waals surface area contributed by atoms with Gasteiger partial charge in [-0.25, -0.2) is 14.8 Å². The molecule has 0 aliphatic carbocycles. The molecule has 0 radical (unpaired) electrons. The van der Waals surface area contributed by atoms with Crippen LogP contribution in [-0.4, -0.2) is 23.0 Å². The topological polar surface area (TPSA) is 64.1 Å². The molecule has 1 aromatic heterocycles. The van der Waals surface area contributed by atoms with Crippen LogP contribution in [0.2, 0.25) is 5.02 Å². The summed E-state index contributed by atoms with van der Waals surface area (Å²) in [7, 11) is 1.34. The Morgan fingerprint density at radius 2 is 2.04 bits per heavy atom. The zero-order valence-corrected chi connectivity index (χ0v) is 14.1. The largest absolute Gasteiger partial charge is 0.465 e. The van der Waals surface area contributed by atoms with Gasteiger partial charge in [-0.3, -0.25) is 0 Å². The van der Waals surface area contributed by atoms with Crippen LogP contribution in [-0.2, 0) is 11.2 Å². The number of nitrogens with one attached hydrogen (secondary N) is 1. The molecule has 3 aromatic rings. The lowest BCUT2D eigenvalue weighted by molar-refractivity contribution is 0.0601. The van der Waals surface area contributed by atoms with Gasteiger partial charge in [0.05, 0.1) is 28.9 Å². The number of fused-ring (bicyclic) bond motifs is 1. The Hall–Kier alpha value is -2.66. The number of esters is 1. The van der Waals surface area contributed by atoms with E-state index in [0.717, 1.165) is 17.3 Å². The minimum absolute atomic E-state index is 0.414. The fourth-order valence-electron chi connectivity index (χ4n) is 2.42. The average molecular weight is 342 g/mol. The highest BCUT2D eigenvalue weighted by molar-refractivity contribution is 6.33. The Morgan fingerprint density at radius 3 is 2.79 bits per heavy atom. The van der Waals surface area contributed by atoms with Crippen molar-refractivity contribution in [2.24, 2.45) is 0 Å². The summed E-state index contributed by atoms with van der Waals surface area (Å²) in [4.78, 5) is 20.3. The number of benzene rings is 2. The number of hydrogen-bond donors (Lipinski definition) is 1. The predicted octanol–water partition coefficient (Wildman–Crippen LogP) is 4.38. The second-order valence-electron chi connectivity index (χ2n) is 5.24. The molecule has 0 aliphatic rings. The number of nitrogens with zero attached hydrogens (tertiary/aromatic N) is 2. The van der Waals surface area contributed by atoms with Crippen LogP contribution in [0.1, 0.15) is 22.8 Å². The summed E-state index contributed by atoms with van der Waals surface area (Å²) in [5.41, 5.74) is 3.03. The third kappa shape index (κ3) is 3.16. The Labute approximate surface area is 144 Å². The van der Waals surface area contributed by atoms with Crippen molar-refractivity contribution < 1.29 is 9.53 Å². The minimum Gasteiger partial charge on any atom is -0.465 e. The van der Waals surface area contributed by atoms with Gasteiger partial charge in [-0.15, -0.1) is 0 Å². The number of methoxy groups -OCH3 is 1. The molecule has 0 atom stereocenters. The number of rotatable bonds is 4. The molecule has 0 unspecified atom stereocenters. The maximum absolute atomic E-state index is 11.7. The average Bonchev–Trinajstić information content (AvgIpc) is 2.62. The Kier molecular flexibility index (Phi) is 4.62. The third-order valence-electron chi connectivity index (χ3n) is 3.75. The molecule has 0 bridgehead atoms. The van der Waals surface area contributed by atoms with Crippen molar-refractivity contribution in [2.45, 2.75) is 13.3 Å². The molecule has 0 saturated heterocycles. The number of anilines is 2. The first-order valence-electron chi connectivity index (χ1n) is 7.51. The molecular formula is C18H16ClN3O2. The fraction of sp³-hybridized carbons (Fsp3) is 0.167. The molecule has 122 valence electrons. The fourth-order valence-corrected chi connectivity index (χ4v) is 2.58. The van der Waals surface area contributed by atoms with Gasteiger partial charge >= 0.3 is 5.97 Å². The van der Waals surface area contributed by atoms with Gasteiger partial charge in [-0.1, -0.05) is 24.6 Å². The van der Waals surface area contributed by atoms with Gasteiger partial charge in [-0.05, 0) is 42.3 Å². The zero-order chi connectivity index (χ0) is 17.1. The predicted molar refractivity (Wildman–Crippen MR) is 95.0 cm³/mol. The van der Waals surface area contributed by atoms with E-state index >= 15 is 0 Å². The van der Waals surface area contributed by atoms with Gasteiger partial charge in [0.1, 0.15) is 12.1 Å². The number of hydrogen-bond acceptors (Lipinski definition) is 5. The van der Waals surface area contributed by atoms with E-state index < -0.39 is 5.97 Å². The van der Waals surface area contributed by atoms with E-state index in [1.54, 1.807) is 18.2 Å². The van der Waals surface area contributed by atoms with Gasteiger partial charge in [0.25, 0.3) is 0 Å². The third-order valence-corrected chi connectivity index (χ3v) is 4.08. The monoisotopic (exact) mass is 341 g/mol. The molecule has 0 aliphatic heterocycles. The molecule has 1 N–H and O–H groups in total. The summed E-state index contributed by atoms with van der Waals surface area (Å²) in [5.74, 6) is 0.217. The van der Waals surface area contributed by atoms with Crippen molar-refractivity contribution in [1.82, 2.24) is 9.97 Å². The van der Waals surface area contributed by atoms with Crippen LogP contribution in [0.3, 0.4) is 0 Å². The van der Waals surface area contributed by atoms with Gasteiger partial charge in [0.15, 0.2) is 0 Å². The molecule has 6 heteroatoms. The molecular weight excluding hydrogens is 326 g/mol. The molecule has 0 spiro atoms. The van der Waals surface area contributed by atoms with Crippen molar-refractivity contribution in [3.8, 4) is 0 Å². The van der Waals surface area contributed by atoms with Crippen molar-refractivity contribution >= 4 is 40.0 Å².